The number of carbonyl (C=O) groups is 2. The van der Waals surface area contributed by atoms with Crippen LogP contribution in [0.4, 0.5) is 5.69 Å². The molecule has 0 aliphatic carbocycles. The van der Waals surface area contributed by atoms with Crippen LogP contribution in [0.15, 0.2) is 78.4 Å². The minimum atomic E-state index is -0.827. The summed E-state index contributed by atoms with van der Waals surface area (Å²) in [6.07, 6.45) is 0.800. The molecule has 180 valence electrons. The lowest BCUT2D eigenvalue weighted by molar-refractivity contribution is -0.132. The van der Waals surface area contributed by atoms with Gasteiger partial charge in [-0.3, -0.25) is 14.5 Å². The highest BCUT2D eigenvalue weighted by Gasteiger charge is 2.47. The van der Waals surface area contributed by atoms with Gasteiger partial charge in [-0.25, -0.2) is 0 Å². The van der Waals surface area contributed by atoms with Crippen molar-refractivity contribution in [2.45, 2.75) is 39.3 Å². The van der Waals surface area contributed by atoms with E-state index in [9.17, 15) is 14.7 Å². The smallest absolute Gasteiger partial charge is 0.300 e. The van der Waals surface area contributed by atoms with Gasteiger partial charge in [0.05, 0.1) is 24.8 Å². The second kappa shape index (κ2) is 10.1. The van der Waals surface area contributed by atoms with Crippen LogP contribution in [0.2, 0.25) is 0 Å². The molecule has 6 nitrogen and oxygen atoms in total. The van der Waals surface area contributed by atoms with Crippen LogP contribution in [0.25, 0.3) is 5.76 Å². The average molecular weight is 472 g/mol. The molecule has 0 bridgehead atoms. The summed E-state index contributed by atoms with van der Waals surface area (Å²) in [6.45, 7) is 5.87. The molecule has 1 unspecified atom stereocenters. The Morgan fingerprint density at radius 1 is 0.971 bits per heavy atom. The highest BCUT2D eigenvalue weighted by atomic mass is 16.5. The number of aliphatic hydroxyl groups excluding tert-OH is 1. The second-order valence-electron chi connectivity index (χ2n) is 8.66. The first-order chi connectivity index (χ1) is 16.8. The topological polar surface area (TPSA) is 76.1 Å². The van der Waals surface area contributed by atoms with Crippen LogP contribution in [0, 0.1) is 0 Å². The number of benzene rings is 3. The maximum Gasteiger partial charge on any atom is 0.300 e. The maximum atomic E-state index is 13.4. The molecular weight excluding hydrogens is 442 g/mol. The molecule has 35 heavy (non-hydrogen) atoms. The summed E-state index contributed by atoms with van der Waals surface area (Å²) in [5, 5.41) is 11.4. The van der Waals surface area contributed by atoms with E-state index >= 15 is 0 Å². The van der Waals surface area contributed by atoms with Crippen molar-refractivity contribution in [3.05, 3.63) is 95.1 Å². The number of ether oxygens (including phenoxy) is 2. The number of aryl methyl sites for hydroxylation is 1. The van der Waals surface area contributed by atoms with Crippen LogP contribution < -0.4 is 14.4 Å². The van der Waals surface area contributed by atoms with E-state index in [1.165, 1.54) is 4.90 Å². The number of amides is 1. The first kappa shape index (κ1) is 24.1. The summed E-state index contributed by atoms with van der Waals surface area (Å²) in [4.78, 5) is 28.1. The zero-order valence-corrected chi connectivity index (χ0v) is 20.3. The quantitative estimate of drug-likeness (QED) is 0.273. The normalized spacial score (nSPS) is 17.2. The minimum Gasteiger partial charge on any atom is -0.507 e. The number of hydrogen-bond donors (Lipinski definition) is 1. The number of ketones is 1. The van der Waals surface area contributed by atoms with Crippen LogP contribution in [-0.4, -0.2) is 30.0 Å². The Hall–Kier alpha value is -4.06. The molecule has 1 aliphatic rings. The summed E-state index contributed by atoms with van der Waals surface area (Å²) in [7, 11) is 1.56. The van der Waals surface area contributed by atoms with Gasteiger partial charge < -0.3 is 14.6 Å². The predicted octanol–water partition coefficient (Wildman–Crippen LogP) is 5.67. The monoisotopic (exact) mass is 471 g/mol. The van der Waals surface area contributed by atoms with E-state index in [1.807, 2.05) is 44.2 Å². The van der Waals surface area contributed by atoms with Crippen molar-refractivity contribution >= 4 is 23.1 Å². The Balaban J connectivity index is 1.90. The molecule has 1 heterocycles. The molecule has 0 radical (unpaired) electrons. The van der Waals surface area contributed by atoms with Gasteiger partial charge >= 0.3 is 0 Å². The van der Waals surface area contributed by atoms with Gasteiger partial charge in [0, 0.05) is 11.3 Å². The van der Waals surface area contributed by atoms with Gasteiger partial charge in [-0.1, -0.05) is 43.3 Å². The fourth-order valence-corrected chi connectivity index (χ4v) is 4.26. The Morgan fingerprint density at radius 3 is 2.31 bits per heavy atom. The first-order valence-electron chi connectivity index (χ1n) is 11.6. The van der Waals surface area contributed by atoms with E-state index in [1.54, 1.807) is 49.6 Å². The minimum absolute atomic E-state index is 0.0181. The van der Waals surface area contributed by atoms with E-state index in [0.29, 0.717) is 28.3 Å². The summed E-state index contributed by atoms with van der Waals surface area (Å²) in [5.74, 6) is -0.547. The fourth-order valence-electron chi connectivity index (χ4n) is 4.26. The number of rotatable bonds is 7. The number of methoxy groups -OCH3 is 1. The standard InChI is InChI=1S/C29H29NO5/c1-5-19-12-14-22(15-13-19)30-26(20-8-6-10-23(16-20)34-4)25(28(32)29(30)33)27(31)21-9-7-11-24(17-21)35-18(2)3/h6-18,26,31H,5H2,1-4H3/b27-25-. The van der Waals surface area contributed by atoms with E-state index < -0.39 is 17.7 Å². The zero-order chi connectivity index (χ0) is 25.1. The molecule has 1 amide bonds. The Labute approximate surface area is 205 Å². The third kappa shape index (κ3) is 4.78. The van der Waals surface area contributed by atoms with Gasteiger partial charge in [0.15, 0.2) is 0 Å². The van der Waals surface area contributed by atoms with Crippen molar-refractivity contribution in [1.29, 1.82) is 0 Å². The number of aliphatic hydroxyl groups is 1. The highest BCUT2D eigenvalue weighted by molar-refractivity contribution is 6.51. The fraction of sp³-hybridized carbons (Fsp3) is 0.241. The number of nitrogens with zero attached hydrogens (tertiary/aromatic N) is 1. The van der Waals surface area contributed by atoms with Crippen molar-refractivity contribution < 1.29 is 24.2 Å². The van der Waals surface area contributed by atoms with Gasteiger partial charge in [0.1, 0.15) is 17.3 Å². The molecule has 3 aromatic carbocycles. The molecular formula is C29H29NO5. The summed E-state index contributed by atoms with van der Waals surface area (Å²) in [5.41, 5.74) is 2.76. The average Bonchev–Trinajstić information content (AvgIpc) is 3.13. The lowest BCUT2D eigenvalue weighted by Crippen LogP contribution is -2.29. The van der Waals surface area contributed by atoms with Gasteiger partial charge in [-0.2, -0.15) is 0 Å². The SMILES string of the molecule is CCc1ccc(N2C(=O)C(=O)/C(=C(\O)c3cccc(OC(C)C)c3)C2c2cccc(OC)c2)cc1. The van der Waals surface area contributed by atoms with Crippen LogP contribution in [-0.2, 0) is 16.0 Å². The summed E-state index contributed by atoms with van der Waals surface area (Å²) < 4.78 is 11.1. The molecule has 0 spiro atoms. The number of Topliss-reactive ketones (excluding diaryl/α,β-unsaturated/α-hetero) is 1. The van der Waals surface area contributed by atoms with Gasteiger partial charge in [-0.15, -0.1) is 0 Å². The van der Waals surface area contributed by atoms with E-state index in [4.69, 9.17) is 9.47 Å². The third-order valence-electron chi connectivity index (χ3n) is 5.96. The molecule has 0 saturated carbocycles. The van der Waals surface area contributed by atoms with Crippen LogP contribution >= 0.6 is 0 Å². The van der Waals surface area contributed by atoms with E-state index in [0.717, 1.165) is 12.0 Å². The van der Waals surface area contributed by atoms with Crippen molar-refractivity contribution in [3.8, 4) is 11.5 Å². The van der Waals surface area contributed by atoms with Gasteiger partial charge in [-0.05, 0) is 67.8 Å². The lowest BCUT2D eigenvalue weighted by atomic mass is 9.95. The highest BCUT2D eigenvalue weighted by Crippen LogP contribution is 2.43. The largest absolute Gasteiger partial charge is 0.507 e. The number of hydrogen-bond acceptors (Lipinski definition) is 5. The van der Waals surface area contributed by atoms with Crippen molar-refractivity contribution in [2.24, 2.45) is 0 Å². The van der Waals surface area contributed by atoms with Crippen molar-refractivity contribution in [1.82, 2.24) is 0 Å². The lowest BCUT2D eigenvalue weighted by Gasteiger charge is -2.26. The zero-order valence-electron chi connectivity index (χ0n) is 20.3. The van der Waals surface area contributed by atoms with E-state index in [-0.39, 0.29) is 17.4 Å². The number of carbonyl (C=O) groups excluding carboxylic acids is 2. The summed E-state index contributed by atoms with van der Waals surface area (Å²) >= 11 is 0. The van der Waals surface area contributed by atoms with E-state index in [2.05, 4.69) is 6.92 Å². The molecule has 3 aromatic rings. The Morgan fingerprint density at radius 2 is 1.66 bits per heavy atom. The molecule has 4 rings (SSSR count). The molecule has 1 fully saturated rings. The maximum absolute atomic E-state index is 13.4. The van der Waals surface area contributed by atoms with Crippen molar-refractivity contribution in [2.75, 3.05) is 12.0 Å². The molecule has 0 aromatic heterocycles. The molecule has 1 N–H and O–H groups in total. The molecule has 1 saturated heterocycles. The van der Waals surface area contributed by atoms with Crippen LogP contribution in [0.1, 0.15) is 43.5 Å². The van der Waals surface area contributed by atoms with Gasteiger partial charge in [0.2, 0.25) is 0 Å². The molecule has 6 heteroatoms. The summed E-state index contributed by atoms with van der Waals surface area (Å²) in [6, 6.07) is 20.8. The Kier molecular flexibility index (Phi) is 6.92. The van der Waals surface area contributed by atoms with Crippen LogP contribution in [0.5, 0.6) is 11.5 Å². The Bertz CT molecular complexity index is 1280. The van der Waals surface area contributed by atoms with Gasteiger partial charge in [0.25, 0.3) is 11.7 Å². The van der Waals surface area contributed by atoms with Crippen molar-refractivity contribution in [3.63, 3.8) is 0 Å². The number of anilines is 1. The molecule has 1 aliphatic heterocycles. The second-order valence-corrected chi connectivity index (χ2v) is 8.66. The third-order valence-corrected chi connectivity index (χ3v) is 5.96. The first-order valence-corrected chi connectivity index (χ1v) is 11.6. The predicted molar refractivity (Wildman–Crippen MR) is 136 cm³/mol. The van der Waals surface area contributed by atoms with Crippen LogP contribution in [0.3, 0.4) is 0 Å². The molecule has 1 atom stereocenters.